The van der Waals surface area contributed by atoms with Crippen LogP contribution in [-0.2, 0) is 10.2 Å². The first kappa shape index (κ1) is 33.1. The van der Waals surface area contributed by atoms with Crippen LogP contribution in [0.2, 0.25) is 0 Å². The molecule has 0 saturated carbocycles. The number of rotatable bonds is 9. The molecule has 6 rings (SSSR count). The highest BCUT2D eigenvalue weighted by Crippen LogP contribution is 2.62. The van der Waals surface area contributed by atoms with Crippen molar-refractivity contribution in [3.63, 3.8) is 0 Å². The number of phenols is 1. The van der Waals surface area contributed by atoms with Gasteiger partial charge in [-0.05, 0) is 61.3 Å². The summed E-state index contributed by atoms with van der Waals surface area (Å²) in [5.74, 6) is -1.67. The van der Waals surface area contributed by atoms with Crippen molar-refractivity contribution in [2.75, 3.05) is 32.5 Å². The summed E-state index contributed by atoms with van der Waals surface area (Å²) < 4.78 is 6.00. The van der Waals surface area contributed by atoms with Gasteiger partial charge in [0.15, 0.2) is 10.9 Å². The zero-order valence-electron chi connectivity index (χ0n) is 26.7. The largest absolute Gasteiger partial charge is 0.510 e. The van der Waals surface area contributed by atoms with Crippen LogP contribution in [0.5, 0.6) is 5.75 Å². The average molecular weight is 671 g/mol. The Morgan fingerprint density at radius 1 is 0.917 bits per heavy atom. The summed E-state index contributed by atoms with van der Waals surface area (Å²) in [6.45, 7) is 8.01. The van der Waals surface area contributed by atoms with Gasteiger partial charge in [-0.2, -0.15) is 11.8 Å². The first-order valence-electron chi connectivity index (χ1n) is 15.6. The number of nitrogens with one attached hydrogen (secondary N) is 1. The lowest BCUT2D eigenvalue weighted by molar-refractivity contribution is 0.101. The van der Waals surface area contributed by atoms with Crippen LogP contribution in [0, 0.1) is 10.4 Å². The number of aromatic amines is 1. The molecule has 4 N–H and O–H groups in total. The third-order valence-electron chi connectivity index (χ3n) is 9.50. The molecule has 2 aromatic rings. The van der Waals surface area contributed by atoms with Crippen molar-refractivity contribution in [2.24, 2.45) is 0 Å². The number of aromatic hydroxyl groups is 1. The molecule has 1 heterocycles. The number of aliphatic hydroxyl groups is 2. The maximum absolute atomic E-state index is 13.9. The molecular weight excluding hydrogens is 636 g/mol. The van der Waals surface area contributed by atoms with E-state index in [2.05, 4.69) is 9.88 Å². The number of fused-ring (bicyclic) bond motifs is 4. The SMILES string of the molecule is CC=CC=Cc1cc2cc3c(c(O)c2c(=O)[nH]1)C1(C(O)=c2c(=O)c4c(=O)ccc(=O)c=4c(=O)c2=C1O)C(SCCN(CC)CC)C3OC. The lowest BCUT2D eigenvalue weighted by Gasteiger charge is -2.35. The fraction of sp³-hybridized carbons (Fsp3) is 0.306. The lowest BCUT2D eigenvalue weighted by atomic mass is 9.78. The third kappa shape index (κ3) is 4.54. The first-order valence-corrected chi connectivity index (χ1v) is 16.6. The molecule has 0 fully saturated rings. The van der Waals surface area contributed by atoms with Gasteiger partial charge in [0, 0.05) is 30.7 Å². The predicted molar refractivity (Wildman–Crippen MR) is 186 cm³/mol. The lowest BCUT2D eigenvalue weighted by Crippen LogP contribution is -2.51. The molecule has 2 unspecified atom stereocenters. The molecular formula is C36H34N2O9S. The van der Waals surface area contributed by atoms with E-state index in [1.165, 1.54) is 18.9 Å². The molecule has 2 atom stereocenters. The molecule has 0 aliphatic heterocycles. The van der Waals surface area contributed by atoms with Crippen LogP contribution in [-0.4, -0.2) is 63.0 Å². The predicted octanol–water partition coefficient (Wildman–Crippen LogP) is 1.29. The number of benzene rings is 1. The third-order valence-corrected chi connectivity index (χ3v) is 10.9. The van der Waals surface area contributed by atoms with Crippen molar-refractivity contribution in [2.45, 2.75) is 37.5 Å². The van der Waals surface area contributed by atoms with E-state index in [4.69, 9.17) is 4.74 Å². The normalized spacial score (nSPS) is 18.4. The van der Waals surface area contributed by atoms with E-state index in [1.807, 2.05) is 26.8 Å². The molecule has 0 radical (unpaired) electrons. The molecule has 4 aliphatic rings. The smallest absolute Gasteiger partial charge is 0.260 e. The number of aromatic nitrogens is 1. The Bertz CT molecular complexity index is 2430. The maximum atomic E-state index is 13.9. The van der Waals surface area contributed by atoms with Crippen LogP contribution in [0.1, 0.15) is 43.7 Å². The number of aliphatic hydroxyl groups excluding tert-OH is 2. The van der Waals surface area contributed by atoms with Crippen LogP contribution >= 0.6 is 11.8 Å². The highest BCUT2D eigenvalue weighted by molar-refractivity contribution is 8.00. The molecule has 12 heteroatoms. The molecule has 1 spiro atoms. The van der Waals surface area contributed by atoms with Crippen molar-refractivity contribution in [3.05, 3.63) is 131 Å². The Labute approximate surface area is 276 Å². The second-order valence-electron chi connectivity index (χ2n) is 11.8. The Morgan fingerprint density at radius 2 is 1.52 bits per heavy atom. The highest BCUT2D eigenvalue weighted by atomic mass is 32.2. The zero-order valence-corrected chi connectivity index (χ0v) is 27.6. The fourth-order valence-corrected chi connectivity index (χ4v) is 8.90. The fourth-order valence-electron chi connectivity index (χ4n) is 7.26. The van der Waals surface area contributed by atoms with Crippen LogP contribution in [0.15, 0.2) is 66.5 Å². The Balaban J connectivity index is 1.76. The summed E-state index contributed by atoms with van der Waals surface area (Å²) in [4.78, 5) is 71.9. The van der Waals surface area contributed by atoms with Gasteiger partial charge < -0.3 is 29.9 Å². The highest BCUT2D eigenvalue weighted by Gasteiger charge is 2.63. The number of hydrogen-bond acceptors (Lipinski definition) is 11. The van der Waals surface area contributed by atoms with Crippen LogP contribution in [0.3, 0.4) is 0 Å². The summed E-state index contributed by atoms with van der Waals surface area (Å²) in [6.07, 6.45) is 6.10. The van der Waals surface area contributed by atoms with Gasteiger partial charge in [0.05, 0.1) is 37.6 Å². The topological polar surface area (TPSA) is 174 Å². The standard InChI is InChI=1S/C36H34N2O9S/c1-5-8-9-10-18-15-17-16-19-27(30(43)22(17)35(46)37-18)36(34(31(19)47-4)48-14-13-38(6-2)7-3)32(44)25-26(33(36)45)29(42)24-21(40)12-11-20(39)23(24)28(25)41/h5,8-12,15-16,31,34,43-45H,6-7,13-14H2,1-4H3,(H,37,46). The van der Waals surface area contributed by atoms with E-state index in [0.717, 1.165) is 25.2 Å². The number of phenolic OH excluding ortho intramolecular Hbond substituents is 1. The first-order chi connectivity index (χ1) is 23.0. The van der Waals surface area contributed by atoms with Gasteiger partial charge >= 0.3 is 0 Å². The van der Waals surface area contributed by atoms with E-state index in [-0.39, 0.29) is 10.9 Å². The van der Waals surface area contributed by atoms with E-state index < -0.39 is 82.2 Å². The van der Waals surface area contributed by atoms with Crippen molar-refractivity contribution in [3.8, 4) is 5.75 Å². The number of methoxy groups -OCH3 is 1. The molecule has 4 aliphatic carbocycles. The molecule has 1 aromatic carbocycles. The number of H-pyrrole nitrogens is 1. The molecule has 0 amide bonds. The summed E-state index contributed by atoms with van der Waals surface area (Å²) in [5.41, 5.74) is -6.08. The quantitative estimate of drug-likeness (QED) is 0.189. The molecule has 1 aromatic heterocycles. The number of thioether (sulfide) groups is 1. The molecule has 0 saturated heterocycles. The summed E-state index contributed by atoms with van der Waals surface area (Å²) in [5, 5.41) is 33.0. The number of hydrogen-bond donors (Lipinski definition) is 4. The maximum Gasteiger partial charge on any atom is 0.260 e. The van der Waals surface area contributed by atoms with Gasteiger partial charge in [-0.1, -0.05) is 32.1 Å². The number of ether oxygens (including phenoxy) is 1. The second kappa shape index (κ2) is 12.3. The van der Waals surface area contributed by atoms with E-state index in [0.29, 0.717) is 28.9 Å². The average Bonchev–Trinajstić information content (AvgIpc) is 3.47. The molecule has 0 bridgehead atoms. The van der Waals surface area contributed by atoms with Crippen molar-refractivity contribution in [1.82, 2.24) is 9.88 Å². The minimum atomic E-state index is -2.15. The molecule has 48 heavy (non-hydrogen) atoms. The van der Waals surface area contributed by atoms with Gasteiger partial charge in [-0.25, -0.2) is 0 Å². The monoisotopic (exact) mass is 670 g/mol. The van der Waals surface area contributed by atoms with Crippen molar-refractivity contribution < 1.29 is 20.1 Å². The van der Waals surface area contributed by atoms with Crippen LogP contribution in [0.4, 0.5) is 0 Å². The minimum absolute atomic E-state index is 0.108. The number of allylic oxidation sites excluding steroid dienone is 3. The van der Waals surface area contributed by atoms with Gasteiger partial charge in [0.1, 0.15) is 22.7 Å². The van der Waals surface area contributed by atoms with Crippen LogP contribution in [0.25, 0.3) is 28.4 Å². The van der Waals surface area contributed by atoms with Gasteiger partial charge in [0.2, 0.25) is 10.9 Å². The molecule has 248 valence electrons. The Kier molecular flexibility index (Phi) is 8.52. The van der Waals surface area contributed by atoms with E-state index in [9.17, 15) is 39.3 Å². The van der Waals surface area contributed by atoms with Crippen LogP contribution < -0.4 is 37.7 Å². The number of nitrogens with zero attached hydrogens (tertiary/aromatic N) is 1. The molecule has 11 nitrogen and oxygen atoms in total. The second-order valence-corrected chi connectivity index (χ2v) is 13.0. The summed E-state index contributed by atoms with van der Waals surface area (Å²) in [6, 6.07) is 5.06. The Morgan fingerprint density at radius 3 is 2.06 bits per heavy atom. The summed E-state index contributed by atoms with van der Waals surface area (Å²) in [7, 11) is 1.42. The zero-order chi connectivity index (χ0) is 34.7. The van der Waals surface area contributed by atoms with Crippen molar-refractivity contribution in [1.29, 1.82) is 0 Å². The van der Waals surface area contributed by atoms with E-state index in [1.54, 1.807) is 30.4 Å². The minimum Gasteiger partial charge on any atom is -0.510 e. The van der Waals surface area contributed by atoms with Crippen molar-refractivity contribution >= 4 is 40.1 Å². The number of pyridine rings is 1. The van der Waals surface area contributed by atoms with Gasteiger partial charge in [0.25, 0.3) is 5.56 Å². The Hall–Kier alpha value is -4.78. The summed E-state index contributed by atoms with van der Waals surface area (Å²) >= 11 is 1.29. The van der Waals surface area contributed by atoms with E-state index >= 15 is 0 Å². The van der Waals surface area contributed by atoms with Gasteiger partial charge in [-0.3, -0.25) is 24.0 Å². The van der Waals surface area contributed by atoms with Gasteiger partial charge in [-0.15, -0.1) is 0 Å².